The highest BCUT2D eigenvalue weighted by Crippen LogP contribution is 2.25. The van der Waals surface area contributed by atoms with E-state index in [-0.39, 0.29) is 6.54 Å². The van der Waals surface area contributed by atoms with Crippen LogP contribution in [-0.2, 0) is 19.4 Å². The summed E-state index contributed by atoms with van der Waals surface area (Å²) < 4.78 is 38.8. The summed E-state index contributed by atoms with van der Waals surface area (Å²) >= 11 is 0. The van der Waals surface area contributed by atoms with Crippen molar-refractivity contribution >= 4 is 16.4 Å². The number of methoxy groups -OCH3 is 1. The van der Waals surface area contributed by atoms with Crippen LogP contribution in [0.4, 0.5) is 4.79 Å². The molecule has 1 fully saturated rings. The fraction of sp³-hybridized carbons (Fsp3) is 0.571. The summed E-state index contributed by atoms with van der Waals surface area (Å²) in [6.45, 7) is 0.568. The molecule has 2 heterocycles. The third-order valence-electron chi connectivity index (χ3n) is 2.33. The quantitative estimate of drug-likeness (QED) is 0.670. The van der Waals surface area contributed by atoms with E-state index in [2.05, 4.69) is 4.28 Å². The predicted molar refractivity (Wildman–Crippen MR) is 50.3 cm³/mol. The average Bonchev–Trinajstić information content (AvgIpc) is 2.40. The van der Waals surface area contributed by atoms with Crippen molar-refractivity contribution in [2.75, 3.05) is 20.2 Å². The molecule has 90 valence electrons. The Morgan fingerprint density at radius 1 is 1.56 bits per heavy atom. The van der Waals surface area contributed by atoms with E-state index in [0.717, 1.165) is 0 Å². The Hall–Kier alpha value is -1.32. The van der Waals surface area contributed by atoms with Crippen molar-refractivity contribution in [2.24, 2.45) is 0 Å². The smallest absolute Gasteiger partial charge is 0.418 e. The molecule has 2 rings (SSSR count). The monoisotopic (exact) mass is 250 g/mol. The predicted octanol–water partition coefficient (Wildman–Crippen LogP) is -0.629. The topological polar surface area (TPSA) is 96.4 Å². The minimum Gasteiger partial charge on any atom is -0.499 e. The molecule has 0 aromatic heterocycles. The number of hydrogen-bond donors (Lipinski definition) is 1. The summed E-state index contributed by atoms with van der Waals surface area (Å²) in [5.74, 6) is 0.547. The molecular formula is C7H10N2O6S. The second-order valence-electron chi connectivity index (χ2n) is 3.40. The third kappa shape index (κ3) is 1.96. The van der Waals surface area contributed by atoms with Crippen molar-refractivity contribution in [3.63, 3.8) is 0 Å². The Morgan fingerprint density at radius 3 is 2.81 bits per heavy atom. The molecular weight excluding hydrogens is 240 g/mol. The van der Waals surface area contributed by atoms with Crippen LogP contribution in [0.2, 0.25) is 0 Å². The number of urea groups is 1. The molecule has 0 aliphatic carbocycles. The number of ether oxygens (including phenoxy) is 1. The van der Waals surface area contributed by atoms with E-state index in [1.807, 2.05) is 0 Å². The summed E-state index contributed by atoms with van der Waals surface area (Å²) in [6.07, 6.45) is 1.58. The SMILES string of the molecule is COC1=CC2CN(C1)C(=O)N2OS(=O)(=O)O. The van der Waals surface area contributed by atoms with Crippen LogP contribution in [0.1, 0.15) is 0 Å². The number of fused-ring (bicyclic) bond motifs is 2. The summed E-state index contributed by atoms with van der Waals surface area (Å²) in [4.78, 5) is 12.9. The van der Waals surface area contributed by atoms with Gasteiger partial charge in [-0.15, -0.1) is 4.28 Å². The fourth-order valence-corrected chi connectivity index (χ4v) is 2.07. The van der Waals surface area contributed by atoms with Gasteiger partial charge in [0.2, 0.25) is 0 Å². The first kappa shape index (κ1) is 11.2. The minimum absolute atomic E-state index is 0.261. The standard InChI is InChI=1S/C7H10N2O6S/c1-14-6-2-5-3-8(4-6)7(10)9(5)15-16(11,12)13/h2,5H,3-4H2,1H3,(H,11,12,13). The molecule has 0 aromatic carbocycles. The van der Waals surface area contributed by atoms with Crippen molar-refractivity contribution in [3.8, 4) is 0 Å². The van der Waals surface area contributed by atoms with Gasteiger partial charge in [-0.1, -0.05) is 0 Å². The van der Waals surface area contributed by atoms with Crippen molar-refractivity contribution in [3.05, 3.63) is 11.8 Å². The Balaban J connectivity index is 2.22. The molecule has 2 aliphatic heterocycles. The van der Waals surface area contributed by atoms with Gasteiger partial charge < -0.3 is 9.64 Å². The van der Waals surface area contributed by atoms with Gasteiger partial charge in [-0.2, -0.15) is 13.5 Å². The van der Waals surface area contributed by atoms with Gasteiger partial charge in [0.05, 0.1) is 13.7 Å². The molecule has 1 unspecified atom stereocenters. The first-order valence-electron chi connectivity index (χ1n) is 4.40. The number of nitrogens with zero attached hydrogens (tertiary/aromatic N) is 2. The maximum atomic E-state index is 11.6. The van der Waals surface area contributed by atoms with E-state index in [4.69, 9.17) is 9.29 Å². The van der Waals surface area contributed by atoms with Crippen molar-refractivity contribution < 1.29 is 26.8 Å². The molecule has 8 nitrogen and oxygen atoms in total. The number of hydroxylamine groups is 2. The zero-order valence-electron chi connectivity index (χ0n) is 8.36. The Morgan fingerprint density at radius 2 is 2.25 bits per heavy atom. The minimum atomic E-state index is -4.69. The second kappa shape index (κ2) is 3.61. The maximum Gasteiger partial charge on any atom is 0.418 e. The van der Waals surface area contributed by atoms with Gasteiger partial charge in [0.25, 0.3) is 0 Å². The molecule has 1 saturated heterocycles. The lowest BCUT2D eigenvalue weighted by Gasteiger charge is -2.19. The van der Waals surface area contributed by atoms with E-state index in [1.165, 1.54) is 12.0 Å². The van der Waals surface area contributed by atoms with Crippen LogP contribution < -0.4 is 0 Å². The highest BCUT2D eigenvalue weighted by molar-refractivity contribution is 7.80. The number of hydrogen-bond acceptors (Lipinski definition) is 5. The lowest BCUT2D eigenvalue weighted by Crippen LogP contribution is -2.35. The molecule has 0 spiro atoms. The molecule has 2 amide bonds. The lowest BCUT2D eigenvalue weighted by atomic mass is 10.2. The highest BCUT2D eigenvalue weighted by atomic mass is 32.3. The summed E-state index contributed by atoms with van der Waals surface area (Å²) in [5.41, 5.74) is 0. The van der Waals surface area contributed by atoms with Gasteiger partial charge in [0.15, 0.2) is 0 Å². The highest BCUT2D eigenvalue weighted by Gasteiger charge is 2.43. The number of carbonyl (C=O) groups is 1. The van der Waals surface area contributed by atoms with Crippen LogP contribution in [0.5, 0.6) is 0 Å². The molecule has 2 aliphatic rings. The molecule has 0 radical (unpaired) electrons. The van der Waals surface area contributed by atoms with E-state index >= 15 is 0 Å². The van der Waals surface area contributed by atoms with E-state index < -0.39 is 22.5 Å². The maximum absolute atomic E-state index is 11.6. The van der Waals surface area contributed by atoms with Gasteiger partial charge >= 0.3 is 16.4 Å². The normalized spacial score (nSPS) is 24.8. The van der Waals surface area contributed by atoms with Crippen LogP contribution >= 0.6 is 0 Å². The molecule has 2 bridgehead atoms. The van der Waals surface area contributed by atoms with Gasteiger partial charge in [-0.05, 0) is 6.08 Å². The largest absolute Gasteiger partial charge is 0.499 e. The van der Waals surface area contributed by atoms with Gasteiger partial charge in [-0.25, -0.2) is 4.79 Å². The van der Waals surface area contributed by atoms with E-state index in [9.17, 15) is 13.2 Å². The van der Waals surface area contributed by atoms with Gasteiger partial charge in [-0.3, -0.25) is 4.55 Å². The molecule has 0 aromatic rings. The molecule has 1 atom stereocenters. The molecule has 9 heteroatoms. The van der Waals surface area contributed by atoms with Gasteiger partial charge in [0, 0.05) is 6.54 Å². The first-order chi connectivity index (χ1) is 7.40. The van der Waals surface area contributed by atoms with Crippen molar-refractivity contribution in [2.45, 2.75) is 6.04 Å². The molecule has 16 heavy (non-hydrogen) atoms. The van der Waals surface area contributed by atoms with Gasteiger partial charge in [0.1, 0.15) is 11.8 Å². The number of carbonyl (C=O) groups excluding carboxylic acids is 1. The van der Waals surface area contributed by atoms with Crippen LogP contribution in [0.3, 0.4) is 0 Å². The Labute approximate surface area is 91.9 Å². The Kier molecular flexibility index (Phi) is 2.52. The number of amides is 2. The van der Waals surface area contributed by atoms with E-state index in [1.54, 1.807) is 6.08 Å². The first-order valence-corrected chi connectivity index (χ1v) is 5.77. The van der Waals surface area contributed by atoms with Crippen LogP contribution in [0.25, 0.3) is 0 Å². The fourth-order valence-electron chi connectivity index (χ4n) is 1.69. The summed E-state index contributed by atoms with van der Waals surface area (Å²) in [5, 5.41) is 0.612. The summed E-state index contributed by atoms with van der Waals surface area (Å²) in [7, 11) is -3.24. The zero-order valence-corrected chi connectivity index (χ0v) is 9.18. The van der Waals surface area contributed by atoms with Crippen molar-refractivity contribution in [1.82, 2.24) is 9.96 Å². The zero-order chi connectivity index (χ0) is 11.9. The molecule has 0 saturated carbocycles. The second-order valence-corrected chi connectivity index (χ2v) is 4.40. The lowest BCUT2D eigenvalue weighted by molar-refractivity contribution is -0.0186. The van der Waals surface area contributed by atoms with Crippen molar-refractivity contribution in [1.29, 1.82) is 0 Å². The third-order valence-corrected chi connectivity index (χ3v) is 2.68. The van der Waals surface area contributed by atoms with Crippen LogP contribution in [0, 0.1) is 0 Å². The summed E-state index contributed by atoms with van der Waals surface area (Å²) in [6, 6.07) is -1.19. The average molecular weight is 250 g/mol. The van der Waals surface area contributed by atoms with E-state index in [0.29, 0.717) is 17.4 Å². The Bertz CT molecular complexity index is 444. The van der Waals surface area contributed by atoms with Crippen LogP contribution in [-0.4, -0.2) is 55.2 Å². The number of rotatable bonds is 3. The van der Waals surface area contributed by atoms with Crippen LogP contribution in [0.15, 0.2) is 11.8 Å². The molecule has 1 N–H and O–H groups in total.